The Labute approximate surface area is 207 Å². The molecule has 7 nitrogen and oxygen atoms in total. The van der Waals surface area contributed by atoms with E-state index in [1.807, 2.05) is 30.8 Å². The van der Waals surface area contributed by atoms with E-state index in [-0.39, 0.29) is 12.2 Å². The van der Waals surface area contributed by atoms with Gasteiger partial charge in [0.2, 0.25) is 0 Å². The molecule has 0 radical (unpaired) electrons. The molecule has 4 aromatic rings. The summed E-state index contributed by atoms with van der Waals surface area (Å²) in [5.41, 5.74) is 5.64. The molecule has 1 saturated carbocycles. The molecule has 0 spiro atoms. The lowest BCUT2D eigenvalue weighted by Gasteiger charge is -2.38. The number of morpholine rings is 1. The van der Waals surface area contributed by atoms with Crippen LogP contribution in [-0.4, -0.2) is 43.9 Å². The molecule has 6 rings (SSSR count). The molecule has 0 unspecified atom stereocenters. The van der Waals surface area contributed by atoms with Crippen LogP contribution in [0.4, 0.5) is 10.1 Å². The molecule has 4 heterocycles. The van der Waals surface area contributed by atoms with Crippen LogP contribution in [-0.2, 0) is 4.74 Å². The van der Waals surface area contributed by atoms with Crippen LogP contribution in [0.2, 0.25) is 5.02 Å². The Morgan fingerprint density at radius 2 is 1.86 bits per heavy atom. The first-order valence-corrected chi connectivity index (χ1v) is 12.3. The fraction of sp³-hybridized carbons (Fsp3) is 0.385. The Morgan fingerprint density at radius 3 is 2.63 bits per heavy atom. The zero-order chi connectivity index (χ0) is 24.3. The zero-order valence-electron chi connectivity index (χ0n) is 19.9. The molecular weight excluding hydrogens is 467 g/mol. The molecule has 0 bridgehead atoms. The normalized spacial score (nSPS) is 20.5. The van der Waals surface area contributed by atoms with Gasteiger partial charge < -0.3 is 9.64 Å². The molecule has 1 aliphatic heterocycles. The van der Waals surface area contributed by atoms with Gasteiger partial charge in [-0.15, -0.1) is 0 Å². The number of nitrogens with zero attached hydrogens (tertiary/aromatic N) is 6. The molecule has 1 aromatic carbocycles. The van der Waals surface area contributed by atoms with E-state index < -0.39 is 5.82 Å². The molecular formula is C26H26ClFN6O. The van der Waals surface area contributed by atoms with Crippen LogP contribution < -0.4 is 4.90 Å². The highest BCUT2D eigenvalue weighted by atomic mass is 35.5. The van der Waals surface area contributed by atoms with E-state index in [0.717, 1.165) is 22.6 Å². The number of fused-ring (bicyclic) bond motifs is 1. The van der Waals surface area contributed by atoms with E-state index in [0.29, 0.717) is 46.6 Å². The molecule has 0 N–H and O–H groups in total. The molecule has 0 amide bonds. The smallest absolute Gasteiger partial charge is 0.181 e. The third-order valence-electron chi connectivity index (χ3n) is 6.75. The van der Waals surface area contributed by atoms with Crippen LogP contribution in [0.5, 0.6) is 0 Å². The number of anilines is 1. The van der Waals surface area contributed by atoms with Crippen molar-refractivity contribution in [3.63, 3.8) is 0 Å². The number of ether oxygens (including phenoxy) is 1. The summed E-state index contributed by atoms with van der Waals surface area (Å²) < 4.78 is 23.2. The second kappa shape index (κ2) is 8.53. The third kappa shape index (κ3) is 4.25. The van der Waals surface area contributed by atoms with Crippen molar-refractivity contribution in [2.24, 2.45) is 0 Å². The van der Waals surface area contributed by atoms with Crippen LogP contribution in [0, 0.1) is 19.7 Å². The minimum atomic E-state index is -0.423. The first kappa shape index (κ1) is 22.4. The van der Waals surface area contributed by atoms with E-state index >= 15 is 0 Å². The van der Waals surface area contributed by atoms with Crippen molar-refractivity contribution in [3.8, 4) is 11.3 Å². The van der Waals surface area contributed by atoms with E-state index in [1.54, 1.807) is 12.1 Å². The first-order valence-electron chi connectivity index (χ1n) is 11.9. The molecule has 35 heavy (non-hydrogen) atoms. The van der Waals surface area contributed by atoms with Gasteiger partial charge in [0.25, 0.3) is 0 Å². The Kier molecular flexibility index (Phi) is 5.45. The van der Waals surface area contributed by atoms with Gasteiger partial charge in [-0.3, -0.25) is 4.68 Å². The van der Waals surface area contributed by atoms with Crippen molar-refractivity contribution in [1.29, 1.82) is 0 Å². The summed E-state index contributed by atoms with van der Waals surface area (Å²) in [6, 6.07) is 7.05. The minimum Gasteiger partial charge on any atom is -0.367 e. The van der Waals surface area contributed by atoms with Crippen LogP contribution in [0.15, 0.2) is 36.7 Å². The summed E-state index contributed by atoms with van der Waals surface area (Å²) in [4.78, 5) is 16.5. The quantitative estimate of drug-likeness (QED) is 0.369. The number of hydrogen-bond donors (Lipinski definition) is 0. The van der Waals surface area contributed by atoms with Crippen molar-refractivity contribution in [2.75, 3.05) is 18.0 Å². The molecule has 1 saturated heterocycles. The van der Waals surface area contributed by atoms with Gasteiger partial charge in [0.15, 0.2) is 5.65 Å². The summed E-state index contributed by atoms with van der Waals surface area (Å²) >= 11 is 5.99. The number of aromatic nitrogens is 5. The lowest BCUT2D eigenvalue weighted by atomic mass is 10.1. The predicted octanol–water partition coefficient (Wildman–Crippen LogP) is 5.60. The van der Waals surface area contributed by atoms with Crippen molar-refractivity contribution >= 4 is 28.5 Å². The van der Waals surface area contributed by atoms with E-state index in [9.17, 15) is 4.39 Å². The van der Waals surface area contributed by atoms with Gasteiger partial charge in [-0.1, -0.05) is 11.6 Å². The van der Waals surface area contributed by atoms with Gasteiger partial charge in [-0.05, 0) is 57.9 Å². The standard InChI is InChI=1S/C26H26ClFN6O/c1-14-11-33(13-24(35-14)17-10-29-34(12-17)19-5-6-19)23-9-22(20-7-4-18(27)8-21(20)28)32-26-25(23)30-15(2)16(3)31-26/h4,7-10,12,14,19,24H,5-6,11,13H2,1-3H3/t14-,24+/m1/s1. The molecule has 1 aliphatic carbocycles. The molecule has 2 aliphatic rings. The average molecular weight is 493 g/mol. The Bertz CT molecular complexity index is 1440. The molecule has 2 atom stereocenters. The van der Waals surface area contributed by atoms with Crippen molar-refractivity contribution in [3.05, 3.63) is 64.5 Å². The van der Waals surface area contributed by atoms with E-state index in [4.69, 9.17) is 31.3 Å². The number of halogens is 2. The third-order valence-corrected chi connectivity index (χ3v) is 6.99. The zero-order valence-corrected chi connectivity index (χ0v) is 20.6. The van der Waals surface area contributed by atoms with Crippen LogP contribution >= 0.6 is 11.6 Å². The van der Waals surface area contributed by atoms with Gasteiger partial charge >= 0.3 is 0 Å². The Hall–Kier alpha value is -3.10. The fourth-order valence-corrected chi connectivity index (χ4v) is 4.81. The van der Waals surface area contributed by atoms with Crippen molar-refractivity contribution < 1.29 is 9.13 Å². The number of hydrogen-bond acceptors (Lipinski definition) is 6. The van der Waals surface area contributed by atoms with Gasteiger partial charge in [0.05, 0.1) is 41.1 Å². The van der Waals surface area contributed by atoms with Crippen LogP contribution in [0.25, 0.3) is 22.4 Å². The number of rotatable bonds is 4. The Balaban J connectivity index is 1.45. The van der Waals surface area contributed by atoms with Gasteiger partial charge in [0, 0.05) is 35.4 Å². The highest BCUT2D eigenvalue weighted by Crippen LogP contribution is 2.37. The van der Waals surface area contributed by atoms with Crippen LogP contribution in [0.3, 0.4) is 0 Å². The maximum Gasteiger partial charge on any atom is 0.181 e. The first-order chi connectivity index (χ1) is 16.9. The molecule has 9 heteroatoms. The lowest BCUT2D eigenvalue weighted by molar-refractivity contribution is -0.0173. The predicted molar refractivity (Wildman–Crippen MR) is 133 cm³/mol. The summed E-state index contributed by atoms with van der Waals surface area (Å²) in [6.45, 7) is 7.20. The van der Waals surface area contributed by atoms with Crippen molar-refractivity contribution in [2.45, 2.75) is 51.9 Å². The number of pyridine rings is 1. The Morgan fingerprint density at radius 1 is 1.06 bits per heavy atom. The van der Waals surface area contributed by atoms with E-state index in [2.05, 4.69) is 23.1 Å². The van der Waals surface area contributed by atoms with Crippen LogP contribution in [0.1, 0.15) is 48.9 Å². The second-order valence-corrected chi connectivity index (χ2v) is 9.98. The summed E-state index contributed by atoms with van der Waals surface area (Å²) in [5.74, 6) is -0.423. The highest BCUT2D eigenvalue weighted by molar-refractivity contribution is 6.30. The SMILES string of the molecule is Cc1nc2nc(-c3ccc(Cl)cc3F)cc(N3C[C@@H](C)O[C@H](c4cnn(C5CC5)c4)C3)c2nc1C. The fourth-order valence-electron chi connectivity index (χ4n) is 4.65. The summed E-state index contributed by atoms with van der Waals surface area (Å²) in [7, 11) is 0. The number of aryl methyl sites for hydroxylation is 2. The second-order valence-electron chi connectivity index (χ2n) is 9.54. The molecule has 2 fully saturated rings. The van der Waals surface area contributed by atoms with Gasteiger partial charge in [0.1, 0.15) is 17.4 Å². The molecule has 180 valence electrons. The minimum absolute atomic E-state index is 0.0172. The lowest BCUT2D eigenvalue weighted by Crippen LogP contribution is -2.43. The number of benzene rings is 1. The largest absolute Gasteiger partial charge is 0.367 e. The van der Waals surface area contributed by atoms with Gasteiger partial charge in [-0.25, -0.2) is 19.3 Å². The van der Waals surface area contributed by atoms with Gasteiger partial charge in [-0.2, -0.15) is 5.10 Å². The van der Waals surface area contributed by atoms with Crippen molar-refractivity contribution in [1.82, 2.24) is 24.7 Å². The molecule has 3 aromatic heterocycles. The summed E-state index contributed by atoms with van der Waals surface area (Å²) in [6.07, 6.45) is 6.22. The topological polar surface area (TPSA) is 69.0 Å². The average Bonchev–Trinajstić information content (AvgIpc) is 3.55. The summed E-state index contributed by atoms with van der Waals surface area (Å²) in [5, 5.41) is 4.89. The highest BCUT2D eigenvalue weighted by Gasteiger charge is 2.31. The maximum absolute atomic E-state index is 14.9. The maximum atomic E-state index is 14.9. The monoisotopic (exact) mass is 492 g/mol. The van der Waals surface area contributed by atoms with E-state index in [1.165, 1.54) is 18.9 Å².